The van der Waals surface area contributed by atoms with Gasteiger partial charge in [0.15, 0.2) is 0 Å². The molecule has 1 aromatic heterocycles. The second kappa shape index (κ2) is 10.4. The summed E-state index contributed by atoms with van der Waals surface area (Å²) in [7, 11) is 7.54. The lowest BCUT2D eigenvalue weighted by Crippen LogP contribution is -2.41. The molecule has 32 heavy (non-hydrogen) atoms. The smallest absolute Gasteiger partial charge is 0.227 e. The number of hydrogen-bond acceptors (Lipinski definition) is 7. The molecule has 2 aliphatic carbocycles. The maximum absolute atomic E-state index is 5.52. The molecule has 4 rings (SSSR count). The molecular formula is C25H37N5O2. The van der Waals surface area contributed by atoms with Gasteiger partial charge in [0.2, 0.25) is 5.95 Å². The number of aromatic nitrogens is 2. The van der Waals surface area contributed by atoms with Crippen molar-refractivity contribution < 1.29 is 9.47 Å². The molecule has 0 bridgehead atoms. The summed E-state index contributed by atoms with van der Waals surface area (Å²) in [4.78, 5) is 12.1. The van der Waals surface area contributed by atoms with E-state index in [2.05, 4.69) is 28.6 Å². The molecule has 1 heterocycles. The number of benzene rings is 1. The number of rotatable bonds is 8. The van der Waals surface area contributed by atoms with E-state index in [0.29, 0.717) is 12.1 Å². The predicted octanol–water partition coefficient (Wildman–Crippen LogP) is 3.95. The molecule has 0 spiro atoms. The van der Waals surface area contributed by atoms with Crippen molar-refractivity contribution in [3.05, 3.63) is 35.0 Å². The van der Waals surface area contributed by atoms with Gasteiger partial charge in [-0.1, -0.05) is 0 Å². The molecule has 7 nitrogen and oxygen atoms in total. The topological polar surface area (TPSA) is 71.5 Å². The van der Waals surface area contributed by atoms with Crippen LogP contribution in [0.1, 0.15) is 55.3 Å². The van der Waals surface area contributed by atoms with Gasteiger partial charge in [-0.25, -0.2) is 4.98 Å². The van der Waals surface area contributed by atoms with E-state index in [9.17, 15) is 0 Å². The summed E-state index contributed by atoms with van der Waals surface area (Å²) in [6.07, 6.45) is 9.18. The first-order valence-corrected chi connectivity index (χ1v) is 11.9. The van der Waals surface area contributed by atoms with E-state index in [1.165, 1.54) is 24.1 Å². The third-order valence-electron chi connectivity index (χ3n) is 7.04. The summed E-state index contributed by atoms with van der Waals surface area (Å²) in [5.41, 5.74) is 3.69. The zero-order valence-corrected chi connectivity index (χ0v) is 19.9. The molecule has 0 atom stereocenters. The Bertz CT molecular complexity index is 894. The van der Waals surface area contributed by atoms with Crippen molar-refractivity contribution in [3.8, 4) is 11.5 Å². The van der Waals surface area contributed by atoms with Gasteiger partial charge in [0.25, 0.3) is 0 Å². The zero-order valence-electron chi connectivity index (χ0n) is 19.9. The first kappa shape index (κ1) is 22.6. The van der Waals surface area contributed by atoms with Crippen LogP contribution in [0.3, 0.4) is 0 Å². The summed E-state index contributed by atoms with van der Waals surface area (Å²) in [6, 6.07) is 6.95. The molecule has 2 aliphatic rings. The van der Waals surface area contributed by atoms with Crippen LogP contribution in [0.15, 0.2) is 18.2 Å². The molecule has 1 saturated carbocycles. The van der Waals surface area contributed by atoms with Gasteiger partial charge in [0.1, 0.15) is 17.3 Å². The number of fused-ring (bicyclic) bond motifs is 1. The molecule has 0 unspecified atom stereocenters. The first-order valence-electron chi connectivity index (χ1n) is 11.9. The van der Waals surface area contributed by atoms with Crippen LogP contribution < -0.4 is 25.0 Å². The van der Waals surface area contributed by atoms with Crippen molar-refractivity contribution >= 4 is 11.8 Å². The van der Waals surface area contributed by atoms with Gasteiger partial charge in [0.05, 0.1) is 19.9 Å². The van der Waals surface area contributed by atoms with Crippen molar-refractivity contribution in [2.45, 2.75) is 70.0 Å². The van der Waals surface area contributed by atoms with Crippen molar-refractivity contribution in [1.29, 1.82) is 0 Å². The van der Waals surface area contributed by atoms with Gasteiger partial charge in [-0.2, -0.15) is 4.98 Å². The van der Waals surface area contributed by atoms with Crippen LogP contribution in [0.4, 0.5) is 11.8 Å². The third kappa shape index (κ3) is 4.93. The van der Waals surface area contributed by atoms with Gasteiger partial charge in [-0.3, -0.25) is 0 Å². The van der Waals surface area contributed by atoms with Crippen LogP contribution in [0, 0.1) is 0 Å². The number of anilines is 2. The second-order valence-corrected chi connectivity index (χ2v) is 8.93. The average molecular weight is 440 g/mol. The minimum atomic E-state index is 0.478. The number of methoxy groups -OCH3 is 2. The van der Waals surface area contributed by atoms with E-state index < -0.39 is 0 Å². The van der Waals surface area contributed by atoms with Crippen LogP contribution in [-0.2, 0) is 19.4 Å². The monoisotopic (exact) mass is 439 g/mol. The Kier molecular flexibility index (Phi) is 7.35. The van der Waals surface area contributed by atoms with Crippen LogP contribution in [0.5, 0.6) is 11.5 Å². The third-order valence-corrected chi connectivity index (χ3v) is 7.04. The number of nitrogens with zero attached hydrogens (tertiary/aromatic N) is 3. The van der Waals surface area contributed by atoms with Gasteiger partial charge in [-0.05, 0) is 69.6 Å². The van der Waals surface area contributed by atoms with Crippen molar-refractivity contribution in [3.63, 3.8) is 0 Å². The summed E-state index contributed by atoms with van der Waals surface area (Å²) < 4.78 is 10.9. The maximum Gasteiger partial charge on any atom is 0.227 e. The Balaban J connectivity index is 1.35. The Labute approximate surface area is 191 Å². The molecule has 1 fully saturated rings. The zero-order chi connectivity index (χ0) is 22.5. The number of hydrogen-bond donors (Lipinski definition) is 2. The minimum Gasteiger partial charge on any atom is -0.497 e. The largest absolute Gasteiger partial charge is 0.497 e. The quantitative estimate of drug-likeness (QED) is 0.645. The summed E-state index contributed by atoms with van der Waals surface area (Å²) in [5, 5.41) is 7.03. The SMILES string of the molecule is CNc1nc(N(C)C2CCC(NCc3cc(OC)ccc3OC)CC2)nc2c1CCCC2. The summed E-state index contributed by atoms with van der Waals surface area (Å²) >= 11 is 0. The van der Waals surface area contributed by atoms with E-state index >= 15 is 0 Å². The predicted molar refractivity (Wildman–Crippen MR) is 129 cm³/mol. The standard InChI is InChI=1S/C25H37N5O2/c1-26-24-21-7-5-6-8-22(21)28-25(29-24)30(2)19-11-9-18(10-12-19)27-16-17-15-20(31-3)13-14-23(17)32-4/h13-15,18-19,27H,5-12,16H2,1-4H3,(H,26,28,29). The number of ether oxygens (including phenoxy) is 2. The molecular weight excluding hydrogens is 402 g/mol. The maximum atomic E-state index is 5.52. The van der Waals surface area contributed by atoms with Gasteiger partial charge in [0, 0.05) is 43.9 Å². The fourth-order valence-corrected chi connectivity index (χ4v) is 5.05. The first-order chi connectivity index (χ1) is 15.6. The minimum absolute atomic E-state index is 0.478. The Morgan fingerprint density at radius 1 is 1.03 bits per heavy atom. The molecule has 0 saturated heterocycles. The molecule has 2 N–H and O–H groups in total. The van der Waals surface area contributed by atoms with Crippen LogP contribution >= 0.6 is 0 Å². The molecule has 1 aromatic carbocycles. The lowest BCUT2D eigenvalue weighted by Gasteiger charge is -2.35. The summed E-state index contributed by atoms with van der Waals surface area (Å²) in [5.74, 6) is 3.64. The van der Waals surface area contributed by atoms with Crippen LogP contribution in [0.25, 0.3) is 0 Å². The van der Waals surface area contributed by atoms with E-state index in [4.69, 9.17) is 19.4 Å². The van der Waals surface area contributed by atoms with E-state index in [1.807, 2.05) is 19.2 Å². The van der Waals surface area contributed by atoms with Crippen molar-refractivity contribution in [2.24, 2.45) is 0 Å². The summed E-state index contributed by atoms with van der Waals surface area (Å²) in [6.45, 7) is 0.783. The molecule has 7 heteroatoms. The number of aryl methyl sites for hydroxylation is 1. The highest BCUT2D eigenvalue weighted by Crippen LogP contribution is 2.31. The van der Waals surface area contributed by atoms with Crippen LogP contribution in [0.2, 0.25) is 0 Å². The normalized spacial score (nSPS) is 20.4. The molecule has 2 aromatic rings. The second-order valence-electron chi connectivity index (χ2n) is 8.93. The van der Waals surface area contributed by atoms with Gasteiger partial charge in [-0.15, -0.1) is 0 Å². The van der Waals surface area contributed by atoms with E-state index in [1.54, 1.807) is 14.2 Å². The van der Waals surface area contributed by atoms with Crippen molar-refractivity contribution in [1.82, 2.24) is 15.3 Å². The molecule has 174 valence electrons. The van der Waals surface area contributed by atoms with Gasteiger partial charge < -0.3 is 25.0 Å². The molecule has 0 aliphatic heterocycles. The fraction of sp³-hybridized carbons (Fsp3) is 0.600. The Hall–Kier alpha value is -2.54. The van der Waals surface area contributed by atoms with Crippen LogP contribution in [-0.4, -0.2) is 50.4 Å². The van der Waals surface area contributed by atoms with E-state index in [-0.39, 0.29) is 0 Å². The van der Waals surface area contributed by atoms with Gasteiger partial charge >= 0.3 is 0 Å². The van der Waals surface area contributed by atoms with Crippen molar-refractivity contribution in [2.75, 3.05) is 38.5 Å². The highest BCUT2D eigenvalue weighted by atomic mass is 16.5. The Morgan fingerprint density at radius 2 is 1.81 bits per heavy atom. The lowest BCUT2D eigenvalue weighted by atomic mass is 9.90. The average Bonchev–Trinajstić information content (AvgIpc) is 2.86. The molecule has 0 amide bonds. The number of nitrogens with one attached hydrogen (secondary N) is 2. The lowest BCUT2D eigenvalue weighted by molar-refractivity contribution is 0.331. The fourth-order valence-electron chi connectivity index (χ4n) is 5.05. The van der Waals surface area contributed by atoms with E-state index in [0.717, 1.165) is 73.9 Å². The highest BCUT2D eigenvalue weighted by molar-refractivity contribution is 5.52. The Morgan fingerprint density at radius 3 is 2.53 bits per heavy atom. The highest BCUT2D eigenvalue weighted by Gasteiger charge is 2.27. The molecule has 0 radical (unpaired) electrons.